The van der Waals surface area contributed by atoms with Crippen LogP contribution in [0.2, 0.25) is 0 Å². The minimum Gasteiger partial charge on any atom is -0.330 e. The van der Waals surface area contributed by atoms with Gasteiger partial charge in [0.05, 0.1) is 6.20 Å². The van der Waals surface area contributed by atoms with Crippen LogP contribution in [-0.4, -0.2) is 25.2 Å². The third-order valence-corrected chi connectivity index (χ3v) is 4.06. The van der Waals surface area contributed by atoms with Crippen LogP contribution in [0.4, 0.5) is 0 Å². The Morgan fingerprint density at radius 3 is 2.94 bits per heavy atom. The normalized spacial score (nSPS) is 19.9. The highest BCUT2D eigenvalue weighted by atomic mass is 32.2. The molecule has 16 heavy (non-hydrogen) atoms. The van der Waals surface area contributed by atoms with Gasteiger partial charge in [0.15, 0.2) is 10.8 Å². The average Bonchev–Trinajstić information content (AvgIpc) is 2.56. The van der Waals surface area contributed by atoms with Gasteiger partial charge in [-0.3, -0.25) is 0 Å². The molecule has 1 aliphatic rings. The standard InChI is InChI=1S/C11H14N4S/c1-11(2)3-7(4-11)16-10-14-8-5-12-6-13-9(8)15-10/h5-7H,3-4H2,1-2H3,(H,12,13,14,15). The molecule has 0 unspecified atom stereocenters. The van der Waals surface area contributed by atoms with Crippen molar-refractivity contribution in [3.05, 3.63) is 12.5 Å². The van der Waals surface area contributed by atoms with Gasteiger partial charge in [-0.1, -0.05) is 25.6 Å². The van der Waals surface area contributed by atoms with E-state index in [1.165, 1.54) is 19.2 Å². The summed E-state index contributed by atoms with van der Waals surface area (Å²) < 4.78 is 0. The zero-order valence-electron chi connectivity index (χ0n) is 9.40. The smallest absolute Gasteiger partial charge is 0.181 e. The van der Waals surface area contributed by atoms with Gasteiger partial charge in [-0.15, -0.1) is 0 Å². The van der Waals surface area contributed by atoms with Crippen LogP contribution >= 0.6 is 11.8 Å². The Hall–Kier alpha value is -1.10. The van der Waals surface area contributed by atoms with Crippen LogP contribution in [-0.2, 0) is 0 Å². The van der Waals surface area contributed by atoms with Crippen LogP contribution in [0.25, 0.3) is 11.2 Å². The van der Waals surface area contributed by atoms with E-state index in [9.17, 15) is 0 Å². The molecule has 1 N–H and O–H groups in total. The molecule has 3 rings (SSSR count). The maximum atomic E-state index is 4.44. The lowest BCUT2D eigenvalue weighted by atomic mass is 9.72. The van der Waals surface area contributed by atoms with Crippen molar-refractivity contribution in [2.75, 3.05) is 0 Å². The zero-order valence-corrected chi connectivity index (χ0v) is 10.2. The van der Waals surface area contributed by atoms with Crippen LogP contribution in [0.15, 0.2) is 17.7 Å². The van der Waals surface area contributed by atoms with Crippen molar-refractivity contribution in [3.8, 4) is 0 Å². The van der Waals surface area contributed by atoms with Crippen LogP contribution in [0.1, 0.15) is 26.7 Å². The molecule has 0 radical (unpaired) electrons. The first-order chi connectivity index (χ1) is 7.62. The van der Waals surface area contributed by atoms with Crippen molar-refractivity contribution in [2.45, 2.75) is 37.1 Å². The fraction of sp³-hybridized carbons (Fsp3) is 0.545. The van der Waals surface area contributed by atoms with E-state index in [1.54, 1.807) is 6.20 Å². The Morgan fingerprint density at radius 1 is 1.44 bits per heavy atom. The summed E-state index contributed by atoms with van der Waals surface area (Å²) in [7, 11) is 0. The maximum Gasteiger partial charge on any atom is 0.181 e. The van der Waals surface area contributed by atoms with Gasteiger partial charge in [-0.2, -0.15) is 0 Å². The highest BCUT2D eigenvalue weighted by molar-refractivity contribution is 7.99. The number of hydrogen-bond donors (Lipinski definition) is 1. The Morgan fingerprint density at radius 2 is 2.25 bits per heavy atom. The number of aromatic nitrogens is 4. The summed E-state index contributed by atoms with van der Waals surface area (Å²) in [4.78, 5) is 15.8. The highest BCUT2D eigenvalue weighted by Crippen LogP contribution is 2.47. The summed E-state index contributed by atoms with van der Waals surface area (Å²) in [6, 6.07) is 0. The minimum atomic E-state index is 0.517. The first kappa shape index (κ1) is 10.1. The third-order valence-electron chi connectivity index (χ3n) is 2.98. The zero-order chi connectivity index (χ0) is 11.2. The Bertz CT molecular complexity index is 478. The molecule has 1 fully saturated rings. The Kier molecular flexibility index (Phi) is 2.17. The summed E-state index contributed by atoms with van der Waals surface area (Å²) in [6.07, 6.45) is 5.83. The first-order valence-corrected chi connectivity index (χ1v) is 6.33. The monoisotopic (exact) mass is 234 g/mol. The van der Waals surface area contributed by atoms with Gasteiger partial charge in [-0.05, 0) is 18.3 Å². The molecule has 0 atom stereocenters. The number of hydrogen-bond acceptors (Lipinski definition) is 4. The topological polar surface area (TPSA) is 54.5 Å². The second-order valence-corrected chi connectivity index (χ2v) is 6.40. The van der Waals surface area contributed by atoms with Gasteiger partial charge >= 0.3 is 0 Å². The molecule has 5 heteroatoms. The Balaban J connectivity index is 1.76. The van der Waals surface area contributed by atoms with E-state index in [0.29, 0.717) is 10.7 Å². The third kappa shape index (κ3) is 1.80. The van der Waals surface area contributed by atoms with Crippen LogP contribution in [0, 0.1) is 5.41 Å². The fourth-order valence-corrected chi connectivity index (χ4v) is 3.90. The molecule has 0 amide bonds. The average molecular weight is 234 g/mol. The van der Waals surface area contributed by atoms with Crippen molar-refractivity contribution in [2.24, 2.45) is 5.41 Å². The summed E-state index contributed by atoms with van der Waals surface area (Å²) in [6.45, 7) is 4.63. The number of imidazole rings is 1. The van der Waals surface area contributed by atoms with Crippen LogP contribution < -0.4 is 0 Å². The van der Waals surface area contributed by atoms with Crippen molar-refractivity contribution >= 4 is 22.9 Å². The molecule has 1 aliphatic carbocycles. The van der Waals surface area contributed by atoms with Gasteiger partial charge in [0, 0.05) is 5.25 Å². The first-order valence-electron chi connectivity index (χ1n) is 5.45. The maximum absolute atomic E-state index is 4.44. The molecule has 2 aromatic heterocycles. The number of fused-ring (bicyclic) bond motifs is 1. The van der Waals surface area contributed by atoms with Crippen molar-refractivity contribution in [1.29, 1.82) is 0 Å². The second-order valence-electron chi connectivity index (χ2n) is 5.11. The van der Waals surface area contributed by atoms with Gasteiger partial charge in [-0.25, -0.2) is 15.0 Å². The number of nitrogens with zero attached hydrogens (tertiary/aromatic N) is 3. The predicted molar refractivity (Wildman–Crippen MR) is 64.3 cm³/mol. The summed E-state index contributed by atoms with van der Waals surface area (Å²) >= 11 is 1.82. The lowest BCUT2D eigenvalue weighted by Gasteiger charge is -2.41. The molecule has 84 valence electrons. The Labute approximate surface area is 98.3 Å². The molecule has 2 aromatic rings. The number of nitrogens with one attached hydrogen (secondary N) is 1. The molecule has 0 aromatic carbocycles. The lowest BCUT2D eigenvalue weighted by Crippen LogP contribution is -2.33. The quantitative estimate of drug-likeness (QED) is 0.868. The van der Waals surface area contributed by atoms with E-state index in [1.807, 2.05) is 11.8 Å². The molecule has 2 heterocycles. The van der Waals surface area contributed by atoms with E-state index in [4.69, 9.17) is 0 Å². The molecule has 0 aliphatic heterocycles. The minimum absolute atomic E-state index is 0.517. The molecule has 0 bridgehead atoms. The van der Waals surface area contributed by atoms with Crippen molar-refractivity contribution in [1.82, 2.24) is 19.9 Å². The largest absolute Gasteiger partial charge is 0.330 e. The second kappa shape index (κ2) is 3.45. The molecular formula is C11H14N4S. The lowest BCUT2D eigenvalue weighted by molar-refractivity contribution is 0.201. The SMILES string of the molecule is CC1(C)CC(Sc2nc3ncncc3[nH]2)C1. The fourth-order valence-electron chi connectivity index (χ4n) is 2.21. The number of rotatable bonds is 2. The van der Waals surface area contributed by atoms with Gasteiger partial charge in [0.25, 0.3) is 0 Å². The molecule has 0 spiro atoms. The van der Waals surface area contributed by atoms with Crippen LogP contribution in [0.3, 0.4) is 0 Å². The summed E-state index contributed by atoms with van der Waals surface area (Å²) in [5, 5.41) is 1.67. The van der Waals surface area contributed by atoms with Gasteiger partial charge < -0.3 is 4.98 Å². The molecule has 0 saturated heterocycles. The highest BCUT2D eigenvalue weighted by Gasteiger charge is 2.37. The van der Waals surface area contributed by atoms with E-state index >= 15 is 0 Å². The van der Waals surface area contributed by atoms with Crippen molar-refractivity contribution in [3.63, 3.8) is 0 Å². The predicted octanol–water partition coefficient (Wildman–Crippen LogP) is 2.63. The summed E-state index contributed by atoms with van der Waals surface area (Å²) in [5.74, 6) is 0. The molecule has 4 nitrogen and oxygen atoms in total. The number of thioether (sulfide) groups is 1. The van der Waals surface area contributed by atoms with Crippen molar-refractivity contribution < 1.29 is 0 Å². The summed E-state index contributed by atoms with van der Waals surface area (Å²) in [5.41, 5.74) is 2.20. The van der Waals surface area contributed by atoms with E-state index in [0.717, 1.165) is 16.3 Å². The van der Waals surface area contributed by atoms with Crippen LogP contribution in [0.5, 0.6) is 0 Å². The van der Waals surface area contributed by atoms with E-state index < -0.39 is 0 Å². The van der Waals surface area contributed by atoms with Gasteiger partial charge in [0.1, 0.15) is 11.8 Å². The van der Waals surface area contributed by atoms with E-state index in [-0.39, 0.29) is 0 Å². The van der Waals surface area contributed by atoms with Gasteiger partial charge in [0.2, 0.25) is 0 Å². The molecule has 1 saturated carbocycles. The van der Waals surface area contributed by atoms with E-state index in [2.05, 4.69) is 33.8 Å². The molecular weight excluding hydrogens is 220 g/mol. The number of H-pyrrole nitrogens is 1. The number of aromatic amines is 1.